The van der Waals surface area contributed by atoms with Gasteiger partial charge < -0.3 is 25.7 Å². The Morgan fingerprint density at radius 3 is 2.48 bits per heavy atom. The maximum absolute atomic E-state index is 11.6. The van der Waals surface area contributed by atoms with Gasteiger partial charge in [0.25, 0.3) is 0 Å². The van der Waals surface area contributed by atoms with Gasteiger partial charge in [0.15, 0.2) is 5.96 Å². The molecule has 8 nitrogen and oxygen atoms in total. The molecule has 0 aliphatic carbocycles. The molecule has 0 radical (unpaired) electrons. The molecule has 160 valence electrons. The Bertz CT molecular complexity index is 771. The van der Waals surface area contributed by atoms with Gasteiger partial charge >= 0.3 is 6.09 Å². The number of hydrogen-bond donors (Lipinski definition) is 4. The number of guanidine groups is 1. The predicted molar refractivity (Wildman–Crippen MR) is 126 cm³/mol. The second-order valence-corrected chi connectivity index (χ2v) is 7.16. The summed E-state index contributed by atoms with van der Waals surface area (Å²) in [6, 6.07) is 10.0. The number of halogens is 1. The summed E-state index contributed by atoms with van der Waals surface area (Å²) in [5.41, 5.74) is 1.55. The van der Waals surface area contributed by atoms with E-state index in [4.69, 9.17) is 4.74 Å². The van der Waals surface area contributed by atoms with E-state index >= 15 is 0 Å². The SMILES string of the molecule is CCNC(=NCc1ncc(-c2ccccc2)[nH]1)NCCNC(=O)OC(C)(C)C.I. The molecule has 0 saturated carbocycles. The van der Waals surface area contributed by atoms with E-state index in [-0.39, 0.29) is 24.0 Å². The highest BCUT2D eigenvalue weighted by Gasteiger charge is 2.15. The fourth-order valence-corrected chi connectivity index (χ4v) is 2.36. The van der Waals surface area contributed by atoms with Gasteiger partial charge in [0.05, 0.1) is 11.9 Å². The van der Waals surface area contributed by atoms with Crippen LogP contribution in [-0.2, 0) is 11.3 Å². The number of aromatic nitrogens is 2. The third kappa shape index (κ3) is 9.64. The van der Waals surface area contributed by atoms with Crippen molar-refractivity contribution >= 4 is 36.0 Å². The minimum atomic E-state index is -0.504. The molecule has 0 aliphatic heterocycles. The van der Waals surface area contributed by atoms with Crippen LogP contribution in [0.1, 0.15) is 33.5 Å². The summed E-state index contributed by atoms with van der Waals surface area (Å²) >= 11 is 0. The average Bonchev–Trinajstić information content (AvgIpc) is 3.11. The maximum Gasteiger partial charge on any atom is 0.407 e. The lowest BCUT2D eigenvalue weighted by Crippen LogP contribution is -2.42. The van der Waals surface area contributed by atoms with Gasteiger partial charge in [-0.1, -0.05) is 30.3 Å². The number of nitrogens with zero attached hydrogens (tertiary/aromatic N) is 2. The van der Waals surface area contributed by atoms with Crippen LogP contribution in [0.3, 0.4) is 0 Å². The zero-order valence-corrected chi connectivity index (χ0v) is 19.7. The van der Waals surface area contributed by atoms with Crippen LogP contribution < -0.4 is 16.0 Å². The van der Waals surface area contributed by atoms with E-state index in [1.54, 1.807) is 0 Å². The van der Waals surface area contributed by atoms with Crippen LogP contribution in [0.4, 0.5) is 4.79 Å². The van der Waals surface area contributed by atoms with Gasteiger partial charge in [-0.15, -0.1) is 24.0 Å². The number of hydrogen-bond acceptors (Lipinski definition) is 4. The molecule has 1 aromatic heterocycles. The van der Waals surface area contributed by atoms with Crippen molar-refractivity contribution in [3.63, 3.8) is 0 Å². The Morgan fingerprint density at radius 2 is 1.83 bits per heavy atom. The minimum absolute atomic E-state index is 0. The van der Waals surface area contributed by atoms with Gasteiger partial charge in [-0.3, -0.25) is 0 Å². The Kier molecular flexibility index (Phi) is 10.5. The van der Waals surface area contributed by atoms with Crippen LogP contribution in [0.15, 0.2) is 41.5 Å². The van der Waals surface area contributed by atoms with Gasteiger partial charge in [-0.25, -0.2) is 14.8 Å². The number of carbonyl (C=O) groups excluding carboxylic acids is 1. The third-order valence-corrected chi connectivity index (χ3v) is 3.53. The lowest BCUT2D eigenvalue weighted by Gasteiger charge is -2.19. The quantitative estimate of drug-likeness (QED) is 0.197. The monoisotopic (exact) mass is 514 g/mol. The van der Waals surface area contributed by atoms with Gasteiger partial charge in [-0.2, -0.15) is 0 Å². The van der Waals surface area contributed by atoms with Crippen molar-refractivity contribution in [1.82, 2.24) is 25.9 Å². The molecular formula is C20H31IN6O2. The molecule has 0 unspecified atom stereocenters. The summed E-state index contributed by atoms with van der Waals surface area (Å²) in [5, 5.41) is 9.05. The van der Waals surface area contributed by atoms with Crippen molar-refractivity contribution in [2.75, 3.05) is 19.6 Å². The number of nitrogens with one attached hydrogen (secondary N) is 4. The Morgan fingerprint density at radius 1 is 1.14 bits per heavy atom. The first-order chi connectivity index (χ1) is 13.4. The lowest BCUT2D eigenvalue weighted by atomic mass is 10.2. The van der Waals surface area contributed by atoms with Crippen LogP contribution in [0.25, 0.3) is 11.3 Å². The van der Waals surface area contributed by atoms with E-state index in [1.807, 2.05) is 64.2 Å². The molecule has 4 N–H and O–H groups in total. The summed E-state index contributed by atoms with van der Waals surface area (Å²) in [7, 11) is 0. The van der Waals surface area contributed by atoms with Gasteiger partial charge in [0, 0.05) is 19.6 Å². The van der Waals surface area contributed by atoms with Crippen LogP contribution in [0.2, 0.25) is 0 Å². The number of ether oxygens (including phenoxy) is 1. The molecule has 1 heterocycles. The Labute approximate surface area is 189 Å². The Hall–Kier alpha value is -2.30. The Balaban J connectivity index is 0.00000420. The third-order valence-electron chi connectivity index (χ3n) is 3.53. The first-order valence-electron chi connectivity index (χ1n) is 9.45. The number of imidazole rings is 1. The van der Waals surface area contributed by atoms with Crippen molar-refractivity contribution in [3.05, 3.63) is 42.4 Å². The molecule has 0 fully saturated rings. The lowest BCUT2D eigenvalue weighted by molar-refractivity contribution is 0.0529. The van der Waals surface area contributed by atoms with Gasteiger partial charge in [-0.05, 0) is 33.3 Å². The first kappa shape index (κ1) is 24.7. The van der Waals surface area contributed by atoms with E-state index in [9.17, 15) is 4.79 Å². The number of aliphatic imine (C=N–C) groups is 1. The molecule has 1 amide bonds. The number of rotatable bonds is 7. The molecule has 9 heteroatoms. The molecule has 2 rings (SSSR count). The zero-order valence-electron chi connectivity index (χ0n) is 17.4. The number of benzene rings is 1. The van der Waals surface area contributed by atoms with E-state index in [2.05, 4.69) is 30.9 Å². The largest absolute Gasteiger partial charge is 0.444 e. The van der Waals surface area contributed by atoms with Crippen LogP contribution in [0.5, 0.6) is 0 Å². The standard InChI is InChI=1S/C20H30N6O2.HI/c1-5-21-18(22-11-12-23-19(27)28-20(2,3)4)25-14-17-24-13-16(26-17)15-9-7-6-8-10-15;/h6-10,13H,5,11-12,14H2,1-4H3,(H,23,27)(H,24,26)(H2,21,22,25);1H. The molecule has 0 atom stereocenters. The zero-order chi connectivity index (χ0) is 20.4. The molecule has 1 aromatic carbocycles. The second kappa shape index (κ2) is 12.3. The van der Waals surface area contributed by atoms with Crippen molar-refractivity contribution in [2.45, 2.75) is 39.8 Å². The number of amides is 1. The van der Waals surface area contributed by atoms with E-state index in [0.29, 0.717) is 25.6 Å². The minimum Gasteiger partial charge on any atom is -0.444 e. The molecular weight excluding hydrogens is 483 g/mol. The average molecular weight is 514 g/mol. The van der Waals surface area contributed by atoms with Crippen LogP contribution in [-0.4, -0.2) is 47.3 Å². The molecule has 0 aliphatic rings. The van der Waals surface area contributed by atoms with Crippen molar-refractivity contribution < 1.29 is 9.53 Å². The van der Waals surface area contributed by atoms with E-state index in [0.717, 1.165) is 23.6 Å². The van der Waals surface area contributed by atoms with E-state index < -0.39 is 11.7 Å². The van der Waals surface area contributed by atoms with Gasteiger partial charge in [0.2, 0.25) is 0 Å². The second-order valence-electron chi connectivity index (χ2n) is 7.16. The van der Waals surface area contributed by atoms with Gasteiger partial charge in [0.1, 0.15) is 18.0 Å². The van der Waals surface area contributed by atoms with Crippen LogP contribution in [0, 0.1) is 0 Å². The summed E-state index contributed by atoms with van der Waals surface area (Å²) in [4.78, 5) is 23.8. The van der Waals surface area contributed by atoms with Crippen LogP contribution >= 0.6 is 24.0 Å². The normalized spacial score (nSPS) is 11.4. The smallest absolute Gasteiger partial charge is 0.407 e. The maximum atomic E-state index is 11.6. The number of carbonyl (C=O) groups is 1. The summed E-state index contributed by atoms with van der Waals surface area (Å²) in [6.45, 7) is 9.60. The molecule has 0 bridgehead atoms. The summed E-state index contributed by atoms with van der Waals surface area (Å²) < 4.78 is 5.20. The fraction of sp³-hybridized carbons (Fsp3) is 0.450. The number of alkyl carbamates (subject to hydrolysis) is 1. The predicted octanol–water partition coefficient (Wildman–Crippen LogP) is 3.27. The molecule has 2 aromatic rings. The highest BCUT2D eigenvalue weighted by molar-refractivity contribution is 14.0. The topological polar surface area (TPSA) is 103 Å². The molecule has 29 heavy (non-hydrogen) atoms. The first-order valence-corrected chi connectivity index (χ1v) is 9.45. The number of H-pyrrole nitrogens is 1. The highest BCUT2D eigenvalue weighted by atomic mass is 127. The van der Waals surface area contributed by atoms with Crippen molar-refractivity contribution in [2.24, 2.45) is 4.99 Å². The van der Waals surface area contributed by atoms with E-state index in [1.165, 1.54) is 0 Å². The fourth-order valence-electron chi connectivity index (χ4n) is 2.36. The number of aromatic amines is 1. The van der Waals surface area contributed by atoms with Crippen molar-refractivity contribution in [3.8, 4) is 11.3 Å². The molecule has 0 saturated heterocycles. The van der Waals surface area contributed by atoms with Crippen molar-refractivity contribution in [1.29, 1.82) is 0 Å². The highest BCUT2D eigenvalue weighted by Crippen LogP contribution is 2.16. The summed E-state index contributed by atoms with van der Waals surface area (Å²) in [6.07, 6.45) is 1.38. The summed E-state index contributed by atoms with van der Waals surface area (Å²) in [5.74, 6) is 1.44. The molecule has 0 spiro atoms.